The second-order valence-electron chi connectivity index (χ2n) is 4.98. The Hall–Kier alpha value is -3.35. The molecule has 116 valence electrons. The Balaban J connectivity index is 1.85. The van der Waals surface area contributed by atoms with E-state index in [1.54, 1.807) is 30.3 Å². The summed E-state index contributed by atoms with van der Waals surface area (Å²) in [6.07, 6.45) is 1.79. The third kappa shape index (κ3) is 2.98. The molecule has 3 rings (SSSR count). The highest BCUT2D eigenvalue weighted by molar-refractivity contribution is 6.00. The molecule has 2 amide bonds. The smallest absolute Gasteiger partial charge is 0.326 e. The zero-order chi connectivity index (χ0) is 16.4. The van der Waals surface area contributed by atoms with Crippen LogP contribution in [-0.2, 0) is 0 Å². The summed E-state index contributed by atoms with van der Waals surface area (Å²) in [6, 6.07) is 12.1. The van der Waals surface area contributed by atoms with Crippen LogP contribution in [0.15, 0.2) is 54.6 Å². The average molecular weight is 311 g/mol. The number of carbonyl (C=O) groups excluding carboxylic acids is 1. The van der Waals surface area contributed by atoms with Gasteiger partial charge in [0, 0.05) is 35.6 Å². The number of nitrogens with one attached hydrogen (secondary N) is 1. The number of nitro benzene ring substituents is 1. The summed E-state index contributed by atoms with van der Waals surface area (Å²) >= 11 is 0. The SMILES string of the molecule is O=C1NC(c2cccc([N+](=O)[O-])c2)=CCN1c1ccc(O)cc1. The average Bonchev–Trinajstić information content (AvgIpc) is 2.56. The van der Waals surface area contributed by atoms with E-state index in [-0.39, 0.29) is 17.5 Å². The number of amides is 2. The second kappa shape index (κ2) is 5.80. The molecule has 2 aromatic carbocycles. The van der Waals surface area contributed by atoms with Gasteiger partial charge in [-0.1, -0.05) is 12.1 Å². The topological polar surface area (TPSA) is 95.7 Å². The molecule has 7 heteroatoms. The van der Waals surface area contributed by atoms with Crippen LogP contribution in [0.1, 0.15) is 5.56 Å². The highest BCUT2D eigenvalue weighted by Gasteiger charge is 2.22. The summed E-state index contributed by atoms with van der Waals surface area (Å²) in [5.41, 5.74) is 1.74. The number of hydrogen-bond acceptors (Lipinski definition) is 4. The molecule has 7 nitrogen and oxygen atoms in total. The molecule has 0 fully saturated rings. The predicted molar refractivity (Wildman–Crippen MR) is 85.1 cm³/mol. The van der Waals surface area contributed by atoms with Crippen molar-refractivity contribution in [1.29, 1.82) is 0 Å². The lowest BCUT2D eigenvalue weighted by Crippen LogP contribution is -2.43. The molecule has 23 heavy (non-hydrogen) atoms. The quantitative estimate of drug-likeness (QED) is 0.673. The molecule has 0 bridgehead atoms. The van der Waals surface area contributed by atoms with Crippen molar-refractivity contribution in [3.63, 3.8) is 0 Å². The van der Waals surface area contributed by atoms with Crippen molar-refractivity contribution in [2.75, 3.05) is 11.4 Å². The summed E-state index contributed by atoms with van der Waals surface area (Å²) in [6.45, 7) is 0.328. The number of nitrogens with zero attached hydrogens (tertiary/aromatic N) is 2. The number of hydrogen-bond donors (Lipinski definition) is 2. The van der Waals surface area contributed by atoms with Crippen molar-refractivity contribution in [3.05, 3.63) is 70.3 Å². The number of rotatable bonds is 3. The number of nitro groups is 1. The molecule has 0 atom stereocenters. The van der Waals surface area contributed by atoms with Gasteiger partial charge in [0.2, 0.25) is 0 Å². The van der Waals surface area contributed by atoms with Crippen molar-refractivity contribution in [2.24, 2.45) is 0 Å². The summed E-state index contributed by atoms with van der Waals surface area (Å²) < 4.78 is 0. The molecular weight excluding hydrogens is 298 g/mol. The van der Waals surface area contributed by atoms with Crippen molar-refractivity contribution in [1.82, 2.24) is 5.32 Å². The van der Waals surface area contributed by atoms with E-state index in [2.05, 4.69) is 5.32 Å². The van der Waals surface area contributed by atoms with E-state index in [1.807, 2.05) is 0 Å². The fourth-order valence-corrected chi connectivity index (χ4v) is 2.33. The maximum Gasteiger partial charge on any atom is 0.326 e. The van der Waals surface area contributed by atoms with Gasteiger partial charge >= 0.3 is 6.03 Å². The highest BCUT2D eigenvalue weighted by Crippen LogP contribution is 2.24. The van der Waals surface area contributed by atoms with E-state index >= 15 is 0 Å². The number of phenolic OH excluding ortho intramolecular Hbond substituents is 1. The van der Waals surface area contributed by atoms with E-state index in [1.165, 1.54) is 29.2 Å². The lowest BCUT2D eigenvalue weighted by Gasteiger charge is -2.27. The first-order valence-corrected chi connectivity index (χ1v) is 6.87. The van der Waals surface area contributed by atoms with E-state index < -0.39 is 4.92 Å². The fraction of sp³-hybridized carbons (Fsp3) is 0.0625. The van der Waals surface area contributed by atoms with Gasteiger partial charge in [-0.25, -0.2) is 4.79 Å². The Labute approximate surface area is 131 Å². The molecule has 1 aliphatic heterocycles. The number of benzene rings is 2. The summed E-state index contributed by atoms with van der Waals surface area (Å²) in [5, 5.41) is 22.9. The predicted octanol–water partition coefficient (Wildman–Crippen LogP) is 2.87. The van der Waals surface area contributed by atoms with Gasteiger partial charge in [0.15, 0.2) is 0 Å². The lowest BCUT2D eigenvalue weighted by molar-refractivity contribution is -0.384. The number of non-ortho nitro benzene ring substituents is 1. The van der Waals surface area contributed by atoms with Gasteiger partial charge in [0.1, 0.15) is 5.75 Å². The molecule has 0 saturated carbocycles. The van der Waals surface area contributed by atoms with Crippen molar-refractivity contribution >= 4 is 23.1 Å². The zero-order valence-corrected chi connectivity index (χ0v) is 12.0. The van der Waals surface area contributed by atoms with Crippen molar-refractivity contribution in [2.45, 2.75) is 0 Å². The first kappa shape index (κ1) is 14.6. The Morgan fingerprint density at radius 1 is 1.17 bits per heavy atom. The minimum Gasteiger partial charge on any atom is -0.508 e. The Morgan fingerprint density at radius 3 is 2.57 bits per heavy atom. The van der Waals surface area contributed by atoms with Crippen LogP contribution in [0.3, 0.4) is 0 Å². The van der Waals surface area contributed by atoms with Crippen LogP contribution < -0.4 is 10.2 Å². The first-order valence-electron chi connectivity index (χ1n) is 6.87. The normalized spacial score (nSPS) is 14.2. The molecule has 1 aliphatic rings. The van der Waals surface area contributed by atoms with Crippen LogP contribution in [0, 0.1) is 10.1 Å². The minimum absolute atomic E-state index is 0.0291. The van der Waals surface area contributed by atoms with E-state index in [9.17, 15) is 20.0 Å². The summed E-state index contributed by atoms with van der Waals surface area (Å²) in [4.78, 5) is 24.1. The third-order valence-electron chi connectivity index (χ3n) is 3.49. The van der Waals surface area contributed by atoms with Gasteiger partial charge in [-0.2, -0.15) is 0 Å². The van der Waals surface area contributed by atoms with Crippen molar-refractivity contribution < 1.29 is 14.8 Å². The molecule has 0 radical (unpaired) electrons. The number of aromatic hydroxyl groups is 1. The molecule has 0 aromatic heterocycles. The maximum absolute atomic E-state index is 12.3. The van der Waals surface area contributed by atoms with E-state index in [4.69, 9.17) is 0 Å². The summed E-state index contributed by atoms with van der Waals surface area (Å²) in [5.74, 6) is 0.124. The largest absolute Gasteiger partial charge is 0.508 e. The van der Waals surface area contributed by atoms with Gasteiger partial charge < -0.3 is 10.4 Å². The van der Waals surface area contributed by atoms with Crippen LogP contribution >= 0.6 is 0 Å². The molecule has 0 aliphatic carbocycles. The Morgan fingerprint density at radius 2 is 1.91 bits per heavy atom. The fourth-order valence-electron chi connectivity index (χ4n) is 2.33. The van der Waals surface area contributed by atoms with Crippen LogP contribution in [0.5, 0.6) is 5.75 Å². The molecule has 2 aromatic rings. The van der Waals surface area contributed by atoms with Crippen LogP contribution in [0.25, 0.3) is 5.70 Å². The second-order valence-corrected chi connectivity index (χ2v) is 4.98. The van der Waals surface area contributed by atoms with Crippen LogP contribution in [0.2, 0.25) is 0 Å². The standard InChI is InChI=1S/C16H13N3O4/c20-14-6-4-12(5-7-14)18-9-8-15(17-16(18)21)11-2-1-3-13(10-11)19(22)23/h1-8,10,20H,9H2,(H,17,21). The molecule has 0 saturated heterocycles. The zero-order valence-electron chi connectivity index (χ0n) is 12.0. The van der Waals surface area contributed by atoms with Gasteiger partial charge in [-0.3, -0.25) is 15.0 Å². The third-order valence-corrected chi connectivity index (χ3v) is 3.49. The minimum atomic E-state index is -0.475. The Bertz CT molecular complexity index is 799. The van der Waals surface area contributed by atoms with E-state index in [0.717, 1.165) is 0 Å². The van der Waals surface area contributed by atoms with Gasteiger partial charge in [-0.15, -0.1) is 0 Å². The monoisotopic (exact) mass is 311 g/mol. The molecule has 1 heterocycles. The maximum atomic E-state index is 12.3. The van der Waals surface area contributed by atoms with Crippen molar-refractivity contribution in [3.8, 4) is 5.75 Å². The highest BCUT2D eigenvalue weighted by atomic mass is 16.6. The number of phenols is 1. The lowest BCUT2D eigenvalue weighted by atomic mass is 10.1. The molecular formula is C16H13N3O4. The van der Waals surface area contributed by atoms with Gasteiger partial charge in [0.05, 0.1) is 4.92 Å². The van der Waals surface area contributed by atoms with Gasteiger partial charge in [0.25, 0.3) is 5.69 Å². The Kier molecular flexibility index (Phi) is 3.68. The molecule has 2 N–H and O–H groups in total. The first-order chi connectivity index (χ1) is 11.0. The van der Waals surface area contributed by atoms with Crippen LogP contribution in [0.4, 0.5) is 16.2 Å². The molecule has 0 spiro atoms. The number of anilines is 1. The summed E-state index contributed by atoms with van der Waals surface area (Å²) in [7, 11) is 0. The number of carbonyl (C=O) groups is 1. The number of urea groups is 1. The van der Waals surface area contributed by atoms with E-state index in [0.29, 0.717) is 23.5 Å². The molecule has 0 unspecified atom stereocenters. The van der Waals surface area contributed by atoms with Gasteiger partial charge in [-0.05, 0) is 30.3 Å². The van der Waals surface area contributed by atoms with Crippen LogP contribution in [-0.4, -0.2) is 22.6 Å².